The van der Waals surface area contributed by atoms with Gasteiger partial charge in [0.05, 0.1) is 24.4 Å². The lowest BCUT2D eigenvalue weighted by Gasteiger charge is -2.07. The number of hydrogen-bond acceptors (Lipinski definition) is 6. The van der Waals surface area contributed by atoms with Gasteiger partial charge < -0.3 is 14.8 Å². The summed E-state index contributed by atoms with van der Waals surface area (Å²) in [5.74, 6) is 0.641. The number of amides is 1. The lowest BCUT2D eigenvalue weighted by Crippen LogP contribution is -2.32. The fourth-order valence-electron chi connectivity index (χ4n) is 3.40. The van der Waals surface area contributed by atoms with Crippen molar-refractivity contribution in [3.05, 3.63) is 104 Å². The highest BCUT2D eigenvalue weighted by molar-refractivity contribution is 7.07. The summed E-state index contributed by atoms with van der Waals surface area (Å²) in [5, 5.41) is 12.7. The molecule has 174 valence electrons. The molecule has 0 spiro atoms. The zero-order valence-corrected chi connectivity index (χ0v) is 19.8. The Bertz CT molecular complexity index is 1580. The lowest BCUT2D eigenvalue weighted by molar-refractivity contribution is -0.111. The van der Waals surface area contributed by atoms with Crippen LogP contribution in [0.5, 0.6) is 11.5 Å². The van der Waals surface area contributed by atoms with Gasteiger partial charge in [0.1, 0.15) is 22.2 Å². The van der Waals surface area contributed by atoms with Crippen molar-refractivity contribution >= 4 is 34.6 Å². The summed E-state index contributed by atoms with van der Waals surface area (Å²) in [5.41, 5.74) is 1.31. The Kier molecular flexibility index (Phi) is 7.10. The standard InChI is InChI=1S/C27H21N3O4S/c1-33-21-13-11-18(12-14-21)15-24-26(32)30(20-8-4-3-5-9-20)27(35-24)23(17-28)25(31)29-19-7-6-10-22(16-19)34-2/h3-16H,1-2H3,(H,29,31). The van der Waals surface area contributed by atoms with Crippen molar-refractivity contribution < 1.29 is 14.3 Å². The third-order valence-corrected chi connectivity index (χ3v) is 6.22. The molecular weight excluding hydrogens is 462 g/mol. The SMILES string of the molecule is COc1ccc(C=c2sc(=C(C#N)C(=O)Nc3cccc(OC)c3)n(-c3ccccc3)c2=O)cc1. The predicted octanol–water partition coefficient (Wildman–Crippen LogP) is 3.06. The molecule has 4 aromatic rings. The summed E-state index contributed by atoms with van der Waals surface area (Å²) >= 11 is 1.08. The number of anilines is 1. The van der Waals surface area contributed by atoms with Gasteiger partial charge in [-0.05, 0) is 48.0 Å². The first-order chi connectivity index (χ1) is 17.0. The van der Waals surface area contributed by atoms with Crippen molar-refractivity contribution in [1.82, 2.24) is 4.57 Å². The Morgan fingerprint density at radius 2 is 1.69 bits per heavy atom. The van der Waals surface area contributed by atoms with E-state index in [1.807, 2.05) is 24.3 Å². The summed E-state index contributed by atoms with van der Waals surface area (Å²) in [7, 11) is 3.11. The minimum Gasteiger partial charge on any atom is -0.497 e. The Hall–Kier alpha value is -4.61. The van der Waals surface area contributed by atoms with Gasteiger partial charge in [0.15, 0.2) is 5.57 Å². The topological polar surface area (TPSA) is 93.3 Å². The van der Waals surface area contributed by atoms with Gasteiger partial charge in [-0.1, -0.05) is 36.4 Å². The number of hydrogen-bond donors (Lipinski definition) is 1. The number of nitrogens with zero attached hydrogens (tertiary/aromatic N) is 2. The molecule has 1 amide bonds. The van der Waals surface area contributed by atoms with E-state index in [-0.39, 0.29) is 15.8 Å². The lowest BCUT2D eigenvalue weighted by atomic mass is 10.2. The molecule has 0 aliphatic heterocycles. The first-order valence-electron chi connectivity index (χ1n) is 10.6. The van der Waals surface area contributed by atoms with E-state index in [1.165, 1.54) is 11.7 Å². The van der Waals surface area contributed by atoms with Crippen LogP contribution < -0.4 is 29.5 Å². The van der Waals surface area contributed by atoms with Crippen LogP contribution in [-0.2, 0) is 4.79 Å². The number of thiazole rings is 1. The molecule has 0 atom stereocenters. The van der Waals surface area contributed by atoms with Crippen LogP contribution in [0.3, 0.4) is 0 Å². The highest BCUT2D eigenvalue weighted by Gasteiger charge is 2.17. The fourth-order valence-corrected chi connectivity index (χ4v) is 4.51. The van der Waals surface area contributed by atoms with Crippen LogP contribution in [0.25, 0.3) is 17.3 Å². The highest BCUT2D eigenvalue weighted by Crippen LogP contribution is 2.17. The zero-order chi connectivity index (χ0) is 24.8. The first kappa shape index (κ1) is 23.5. The van der Waals surface area contributed by atoms with E-state index in [9.17, 15) is 14.9 Å². The molecule has 8 heteroatoms. The number of methoxy groups -OCH3 is 2. The molecule has 3 aromatic carbocycles. The van der Waals surface area contributed by atoms with Crippen molar-refractivity contribution in [2.45, 2.75) is 0 Å². The van der Waals surface area contributed by atoms with Gasteiger partial charge >= 0.3 is 0 Å². The van der Waals surface area contributed by atoms with Crippen LogP contribution in [0.15, 0.2) is 83.7 Å². The molecule has 0 unspecified atom stereocenters. The second kappa shape index (κ2) is 10.5. The van der Waals surface area contributed by atoms with Gasteiger partial charge in [-0.3, -0.25) is 14.2 Å². The molecule has 0 fully saturated rings. The Morgan fingerprint density at radius 1 is 0.971 bits per heavy atom. The highest BCUT2D eigenvalue weighted by atomic mass is 32.1. The molecular formula is C27H21N3O4S. The number of para-hydroxylation sites is 1. The number of aromatic nitrogens is 1. The number of ether oxygens (including phenoxy) is 2. The number of rotatable bonds is 6. The van der Waals surface area contributed by atoms with Gasteiger partial charge in [-0.25, -0.2) is 0 Å². The normalized spacial score (nSPS) is 12.0. The van der Waals surface area contributed by atoms with E-state index < -0.39 is 5.91 Å². The number of carbonyl (C=O) groups excluding carboxylic acids is 1. The van der Waals surface area contributed by atoms with Gasteiger partial charge in [0.25, 0.3) is 11.5 Å². The summed E-state index contributed by atoms with van der Waals surface area (Å²) < 4.78 is 12.4. The molecule has 0 aliphatic rings. The van der Waals surface area contributed by atoms with E-state index in [2.05, 4.69) is 5.32 Å². The Balaban J connectivity index is 1.90. The molecule has 0 aliphatic carbocycles. The van der Waals surface area contributed by atoms with Crippen LogP contribution in [-0.4, -0.2) is 24.7 Å². The zero-order valence-electron chi connectivity index (χ0n) is 19.0. The third kappa shape index (κ3) is 5.16. The average Bonchev–Trinajstić information content (AvgIpc) is 3.20. The Morgan fingerprint density at radius 3 is 2.34 bits per heavy atom. The van der Waals surface area contributed by atoms with Crippen molar-refractivity contribution in [1.29, 1.82) is 5.26 Å². The molecule has 7 nitrogen and oxygen atoms in total. The predicted molar refractivity (Wildman–Crippen MR) is 136 cm³/mol. The number of nitrogens with one attached hydrogen (secondary N) is 1. The fraction of sp³-hybridized carbons (Fsp3) is 0.0741. The molecule has 0 saturated carbocycles. The van der Waals surface area contributed by atoms with E-state index in [0.717, 1.165) is 16.9 Å². The van der Waals surface area contributed by atoms with Crippen molar-refractivity contribution in [2.24, 2.45) is 0 Å². The van der Waals surface area contributed by atoms with Crippen molar-refractivity contribution in [3.63, 3.8) is 0 Å². The minimum atomic E-state index is -0.623. The summed E-state index contributed by atoms with van der Waals surface area (Å²) in [6.45, 7) is 0. The number of nitriles is 1. The van der Waals surface area contributed by atoms with Gasteiger partial charge in [0, 0.05) is 11.8 Å². The molecule has 0 saturated heterocycles. The van der Waals surface area contributed by atoms with Crippen molar-refractivity contribution in [2.75, 3.05) is 19.5 Å². The molecule has 0 radical (unpaired) electrons. The van der Waals surface area contributed by atoms with Crippen molar-refractivity contribution in [3.8, 4) is 23.3 Å². The summed E-state index contributed by atoms with van der Waals surface area (Å²) in [6.07, 6.45) is 1.73. The Labute approximate surface area is 205 Å². The maximum Gasteiger partial charge on any atom is 0.273 e. The summed E-state index contributed by atoms with van der Waals surface area (Å²) in [4.78, 5) is 26.6. The largest absolute Gasteiger partial charge is 0.497 e. The molecule has 1 heterocycles. The average molecular weight is 484 g/mol. The minimum absolute atomic E-state index is 0.173. The molecule has 1 aromatic heterocycles. The second-order valence-electron chi connectivity index (χ2n) is 7.34. The van der Waals surface area contributed by atoms with Crippen LogP contribution in [0.1, 0.15) is 5.56 Å². The van der Waals surface area contributed by atoms with Crippen LogP contribution in [0, 0.1) is 11.3 Å². The smallest absolute Gasteiger partial charge is 0.273 e. The quantitative estimate of drug-likeness (QED) is 0.455. The van der Waals surface area contributed by atoms with Gasteiger partial charge in [-0.2, -0.15) is 5.26 Å². The maximum absolute atomic E-state index is 13.4. The summed E-state index contributed by atoms with van der Waals surface area (Å²) in [6, 6.07) is 25.0. The van der Waals surface area contributed by atoms with Crippen LogP contribution in [0.4, 0.5) is 5.69 Å². The molecule has 0 bridgehead atoms. The van der Waals surface area contributed by atoms with E-state index >= 15 is 0 Å². The molecule has 4 rings (SSSR count). The molecule has 35 heavy (non-hydrogen) atoms. The van der Waals surface area contributed by atoms with Crippen LogP contribution >= 0.6 is 11.3 Å². The van der Waals surface area contributed by atoms with E-state index in [0.29, 0.717) is 27.4 Å². The third-order valence-electron chi connectivity index (χ3n) is 5.13. The van der Waals surface area contributed by atoms with Gasteiger partial charge in [-0.15, -0.1) is 11.3 Å². The molecule has 1 N–H and O–H groups in total. The van der Waals surface area contributed by atoms with Gasteiger partial charge in [0.2, 0.25) is 0 Å². The maximum atomic E-state index is 13.4. The second-order valence-corrected chi connectivity index (χ2v) is 8.37. The number of benzene rings is 3. The first-order valence-corrected chi connectivity index (χ1v) is 11.4. The van der Waals surface area contributed by atoms with Crippen LogP contribution in [0.2, 0.25) is 0 Å². The van der Waals surface area contributed by atoms with E-state index in [4.69, 9.17) is 9.47 Å². The number of carbonyl (C=O) groups is 1. The van der Waals surface area contributed by atoms with E-state index in [1.54, 1.807) is 73.8 Å². The monoisotopic (exact) mass is 483 g/mol.